The first-order valence-corrected chi connectivity index (χ1v) is 10.4. The third kappa shape index (κ3) is 3.81. The van der Waals surface area contributed by atoms with Crippen molar-refractivity contribution in [3.8, 4) is 0 Å². The molecule has 2 aromatic rings. The van der Waals surface area contributed by atoms with Crippen LogP contribution in [0.3, 0.4) is 0 Å². The van der Waals surface area contributed by atoms with E-state index in [2.05, 4.69) is 62.5 Å². The number of hydrogen-bond acceptors (Lipinski definition) is 3. The molecule has 1 aliphatic rings. The highest BCUT2D eigenvalue weighted by molar-refractivity contribution is 7.16. The van der Waals surface area contributed by atoms with E-state index < -0.39 is 0 Å². The van der Waals surface area contributed by atoms with E-state index in [1.54, 1.807) is 5.56 Å². The minimum absolute atomic E-state index is 0.267. The lowest BCUT2D eigenvalue weighted by Gasteiger charge is -2.39. The topological polar surface area (TPSA) is 17.4 Å². The van der Waals surface area contributed by atoms with Gasteiger partial charge in [-0.1, -0.05) is 34.6 Å². The van der Waals surface area contributed by atoms with Gasteiger partial charge in [0.05, 0.1) is 13.2 Å². The molecular weight excluding hydrogens is 328 g/mol. The first-order chi connectivity index (χ1) is 11.7. The van der Waals surface area contributed by atoms with E-state index >= 15 is 0 Å². The van der Waals surface area contributed by atoms with E-state index in [0.29, 0.717) is 0 Å². The molecule has 1 fully saturated rings. The second kappa shape index (κ2) is 7.05. The molecule has 3 rings (SSSR count). The summed E-state index contributed by atoms with van der Waals surface area (Å²) >= 11 is 1.89. The van der Waals surface area contributed by atoms with Gasteiger partial charge < -0.3 is 9.30 Å². The Kier molecular flexibility index (Phi) is 5.34. The van der Waals surface area contributed by atoms with Crippen molar-refractivity contribution in [1.82, 2.24) is 9.47 Å². The van der Waals surface area contributed by atoms with Crippen molar-refractivity contribution in [2.75, 3.05) is 32.8 Å². The van der Waals surface area contributed by atoms with Crippen LogP contribution in [0.15, 0.2) is 11.4 Å². The Balaban J connectivity index is 1.85. The summed E-state index contributed by atoms with van der Waals surface area (Å²) in [6, 6.07) is 2.33. The third-order valence-electron chi connectivity index (χ3n) is 6.45. The van der Waals surface area contributed by atoms with E-state index in [4.69, 9.17) is 4.74 Å². The Hall–Kier alpha value is -0.840. The molecule has 0 saturated carbocycles. The van der Waals surface area contributed by atoms with Gasteiger partial charge in [0, 0.05) is 37.3 Å². The summed E-state index contributed by atoms with van der Waals surface area (Å²) in [6.07, 6.45) is 1.14. The SMILES string of the molecule is Cc1c(CC(C)(C)C(C)(C)C)c2ccsc2n1CCN1CCOCC1. The number of nitrogens with zero attached hydrogens (tertiary/aromatic N) is 2. The number of fused-ring (bicyclic) bond motifs is 1. The van der Waals surface area contributed by atoms with E-state index in [9.17, 15) is 0 Å². The first kappa shape index (κ1) is 18.9. The second-order valence-corrected chi connectivity index (χ2v) is 10.0. The first-order valence-electron chi connectivity index (χ1n) is 9.56. The molecule has 0 bridgehead atoms. The number of aromatic nitrogens is 1. The van der Waals surface area contributed by atoms with Crippen LogP contribution in [0.25, 0.3) is 10.2 Å². The average molecular weight is 363 g/mol. The van der Waals surface area contributed by atoms with Crippen molar-refractivity contribution >= 4 is 21.6 Å². The number of ether oxygens (including phenoxy) is 1. The predicted octanol–water partition coefficient (Wildman–Crippen LogP) is 4.96. The Labute approximate surface area is 157 Å². The molecule has 25 heavy (non-hydrogen) atoms. The number of rotatable bonds is 5. The van der Waals surface area contributed by atoms with Gasteiger partial charge in [-0.3, -0.25) is 4.90 Å². The average Bonchev–Trinajstić information content (AvgIpc) is 3.09. The maximum absolute atomic E-state index is 5.48. The third-order valence-corrected chi connectivity index (χ3v) is 7.38. The molecule has 0 atom stereocenters. The summed E-state index contributed by atoms with van der Waals surface area (Å²) < 4.78 is 8.04. The van der Waals surface area contributed by atoms with Gasteiger partial charge in [-0.25, -0.2) is 0 Å². The lowest BCUT2D eigenvalue weighted by atomic mass is 9.66. The maximum atomic E-state index is 5.48. The second-order valence-electron chi connectivity index (χ2n) is 9.12. The van der Waals surface area contributed by atoms with Crippen molar-refractivity contribution in [1.29, 1.82) is 0 Å². The highest BCUT2D eigenvalue weighted by Crippen LogP contribution is 2.43. The molecule has 2 aromatic heterocycles. The van der Waals surface area contributed by atoms with Crippen LogP contribution in [-0.2, 0) is 17.7 Å². The zero-order valence-electron chi connectivity index (χ0n) is 16.8. The number of hydrogen-bond donors (Lipinski definition) is 0. The maximum Gasteiger partial charge on any atom is 0.103 e. The highest BCUT2D eigenvalue weighted by Gasteiger charge is 2.34. The molecular formula is C21H34N2OS. The van der Waals surface area contributed by atoms with Gasteiger partial charge in [-0.05, 0) is 41.2 Å². The summed E-state index contributed by atoms with van der Waals surface area (Å²) in [5, 5.41) is 3.73. The number of morpholine rings is 1. The monoisotopic (exact) mass is 362 g/mol. The van der Waals surface area contributed by atoms with E-state index in [1.165, 1.54) is 15.9 Å². The van der Waals surface area contributed by atoms with Crippen molar-refractivity contribution in [2.24, 2.45) is 10.8 Å². The van der Waals surface area contributed by atoms with Crippen LogP contribution in [0.1, 0.15) is 45.9 Å². The number of thiophene rings is 1. The van der Waals surface area contributed by atoms with Crippen LogP contribution < -0.4 is 0 Å². The molecule has 3 nitrogen and oxygen atoms in total. The predicted molar refractivity (Wildman–Crippen MR) is 109 cm³/mol. The van der Waals surface area contributed by atoms with Gasteiger partial charge >= 0.3 is 0 Å². The normalized spacial score (nSPS) is 17.5. The fourth-order valence-corrected chi connectivity index (χ4v) is 4.52. The van der Waals surface area contributed by atoms with Crippen LogP contribution in [0.4, 0.5) is 0 Å². The van der Waals surface area contributed by atoms with Crippen LogP contribution in [0.5, 0.6) is 0 Å². The standard InChI is InChI=1S/C21H34N2OS/c1-16-18(15-21(5,6)20(2,3)4)17-7-14-25-19(17)23(16)9-8-22-10-12-24-13-11-22/h7,14H,8-13,15H2,1-6H3. The smallest absolute Gasteiger partial charge is 0.103 e. The summed E-state index contributed by atoms with van der Waals surface area (Å²) in [4.78, 5) is 3.98. The van der Waals surface area contributed by atoms with Gasteiger partial charge in [0.15, 0.2) is 0 Å². The van der Waals surface area contributed by atoms with E-state index in [0.717, 1.165) is 45.8 Å². The summed E-state index contributed by atoms with van der Waals surface area (Å²) in [5.74, 6) is 0. The quantitative estimate of drug-likeness (QED) is 0.748. The van der Waals surface area contributed by atoms with Crippen LogP contribution in [-0.4, -0.2) is 42.3 Å². The van der Waals surface area contributed by atoms with Crippen molar-refractivity contribution in [3.05, 3.63) is 22.7 Å². The fourth-order valence-electron chi connectivity index (χ4n) is 3.52. The van der Waals surface area contributed by atoms with Gasteiger partial charge in [0.25, 0.3) is 0 Å². The Morgan fingerprint density at radius 2 is 1.76 bits per heavy atom. The lowest BCUT2D eigenvalue weighted by molar-refractivity contribution is 0.0365. The molecule has 1 saturated heterocycles. The van der Waals surface area contributed by atoms with E-state index in [1.807, 2.05) is 11.3 Å². The minimum Gasteiger partial charge on any atom is -0.379 e. The summed E-state index contributed by atoms with van der Waals surface area (Å²) in [5.41, 5.74) is 3.58. The van der Waals surface area contributed by atoms with Crippen LogP contribution in [0.2, 0.25) is 0 Å². The Morgan fingerprint density at radius 1 is 1.08 bits per heavy atom. The van der Waals surface area contributed by atoms with Crippen molar-refractivity contribution in [3.63, 3.8) is 0 Å². The highest BCUT2D eigenvalue weighted by atomic mass is 32.1. The summed E-state index contributed by atoms with van der Waals surface area (Å²) in [7, 11) is 0. The van der Waals surface area contributed by atoms with Crippen molar-refractivity contribution in [2.45, 2.75) is 54.5 Å². The zero-order chi connectivity index (χ0) is 18.2. The molecule has 0 radical (unpaired) electrons. The molecule has 0 spiro atoms. The largest absolute Gasteiger partial charge is 0.379 e. The molecule has 0 amide bonds. The molecule has 0 aromatic carbocycles. The van der Waals surface area contributed by atoms with Gasteiger partial charge in [0.1, 0.15) is 4.83 Å². The molecule has 0 aliphatic carbocycles. The zero-order valence-corrected chi connectivity index (χ0v) is 17.6. The van der Waals surface area contributed by atoms with Crippen LogP contribution in [0, 0.1) is 17.8 Å². The molecule has 140 valence electrons. The minimum atomic E-state index is 0.267. The molecule has 0 N–H and O–H groups in total. The van der Waals surface area contributed by atoms with E-state index in [-0.39, 0.29) is 10.8 Å². The molecule has 3 heterocycles. The molecule has 1 aliphatic heterocycles. The Morgan fingerprint density at radius 3 is 2.40 bits per heavy atom. The lowest BCUT2D eigenvalue weighted by Crippen LogP contribution is -2.38. The van der Waals surface area contributed by atoms with Gasteiger partial charge in [0.2, 0.25) is 0 Å². The van der Waals surface area contributed by atoms with Gasteiger partial charge in [-0.2, -0.15) is 0 Å². The molecule has 4 heteroatoms. The Bertz CT molecular complexity index is 714. The molecule has 0 unspecified atom stereocenters. The van der Waals surface area contributed by atoms with Crippen LogP contribution >= 0.6 is 11.3 Å². The summed E-state index contributed by atoms with van der Waals surface area (Å²) in [6.45, 7) is 20.3. The van der Waals surface area contributed by atoms with Crippen molar-refractivity contribution < 1.29 is 4.74 Å². The fraction of sp³-hybridized carbons (Fsp3) is 0.714. The van der Waals surface area contributed by atoms with Gasteiger partial charge in [-0.15, -0.1) is 11.3 Å².